The van der Waals surface area contributed by atoms with Crippen molar-refractivity contribution >= 4 is 5.69 Å². The molecule has 1 aliphatic carbocycles. The van der Waals surface area contributed by atoms with E-state index in [0.29, 0.717) is 17.6 Å². The van der Waals surface area contributed by atoms with E-state index in [2.05, 4.69) is 5.48 Å². The molecule has 0 bridgehead atoms. The fraction of sp³-hybridized carbons (Fsp3) is 0.571. The Balaban J connectivity index is 1.91. The minimum atomic E-state index is -0.255. The molecule has 0 atom stereocenters. The number of nitrogens with two attached hydrogens (primary N) is 1. The van der Waals surface area contributed by atoms with Crippen molar-refractivity contribution in [2.75, 3.05) is 5.48 Å². The Kier molecular flexibility index (Phi) is 4.55. The molecule has 100 valence electrons. The quantitative estimate of drug-likeness (QED) is 0.722. The zero-order valence-corrected chi connectivity index (χ0v) is 10.5. The van der Waals surface area contributed by atoms with Crippen LogP contribution in [0.3, 0.4) is 0 Å². The summed E-state index contributed by atoms with van der Waals surface area (Å²) in [7, 11) is 0. The van der Waals surface area contributed by atoms with Crippen LogP contribution in [0.15, 0.2) is 18.2 Å². The zero-order valence-electron chi connectivity index (χ0n) is 10.5. The van der Waals surface area contributed by atoms with Crippen molar-refractivity contribution in [3.8, 4) is 0 Å². The van der Waals surface area contributed by atoms with Crippen LogP contribution in [-0.4, -0.2) is 11.2 Å². The number of nitrogens with one attached hydrogen (secondary N) is 1. The Bertz CT molecular complexity index is 389. The number of halogens is 1. The van der Waals surface area contributed by atoms with Crippen molar-refractivity contribution in [3.63, 3.8) is 0 Å². The van der Waals surface area contributed by atoms with Gasteiger partial charge in [-0.25, -0.2) is 4.39 Å². The minimum absolute atomic E-state index is 0.255. The van der Waals surface area contributed by atoms with Crippen LogP contribution < -0.4 is 11.2 Å². The van der Waals surface area contributed by atoms with Crippen LogP contribution in [0.1, 0.15) is 37.7 Å². The van der Waals surface area contributed by atoms with Crippen molar-refractivity contribution in [1.29, 1.82) is 0 Å². The van der Waals surface area contributed by atoms with Crippen molar-refractivity contribution in [2.45, 2.75) is 44.6 Å². The molecule has 4 N–H and O–H groups in total. The van der Waals surface area contributed by atoms with E-state index in [4.69, 9.17) is 10.9 Å². The van der Waals surface area contributed by atoms with E-state index in [1.54, 1.807) is 6.07 Å². The molecule has 18 heavy (non-hydrogen) atoms. The zero-order chi connectivity index (χ0) is 13.0. The van der Waals surface area contributed by atoms with Crippen LogP contribution in [0.4, 0.5) is 10.1 Å². The molecule has 1 saturated carbocycles. The Hall–Kier alpha value is -1.13. The smallest absolute Gasteiger partial charge is 0.123 e. The van der Waals surface area contributed by atoms with Crippen LogP contribution in [0.5, 0.6) is 0 Å². The van der Waals surface area contributed by atoms with Gasteiger partial charge in [-0.3, -0.25) is 10.7 Å². The van der Waals surface area contributed by atoms with E-state index in [-0.39, 0.29) is 5.82 Å². The SMILES string of the molecule is N[C@H]1CC[C@H](CCc2cc(F)ccc2NO)CC1. The number of anilines is 1. The van der Waals surface area contributed by atoms with Gasteiger partial charge in [0.25, 0.3) is 0 Å². The molecule has 0 radical (unpaired) electrons. The molecule has 0 unspecified atom stereocenters. The second-order valence-corrected chi connectivity index (χ2v) is 5.23. The lowest BCUT2D eigenvalue weighted by Gasteiger charge is -2.26. The van der Waals surface area contributed by atoms with Gasteiger partial charge in [0, 0.05) is 6.04 Å². The number of hydrogen-bond acceptors (Lipinski definition) is 3. The average molecular weight is 252 g/mol. The molecule has 1 aromatic rings. The molecule has 0 spiro atoms. The lowest BCUT2D eigenvalue weighted by atomic mass is 9.83. The minimum Gasteiger partial charge on any atom is -0.328 e. The summed E-state index contributed by atoms with van der Waals surface area (Å²) < 4.78 is 13.2. The Labute approximate surface area is 107 Å². The maximum atomic E-state index is 13.2. The molecule has 1 aromatic carbocycles. The summed E-state index contributed by atoms with van der Waals surface area (Å²) in [6.07, 6.45) is 6.35. The highest BCUT2D eigenvalue weighted by Gasteiger charge is 2.18. The summed E-state index contributed by atoms with van der Waals surface area (Å²) in [4.78, 5) is 0. The topological polar surface area (TPSA) is 58.3 Å². The van der Waals surface area contributed by atoms with Crippen molar-refractivity contribution in [1.82, 2.24) is 0 Å². The first kappa shape index (κ1) is 13.3. The van der Waals surface area contributed by atoms with Gasteiger partial charge in [0.05, 0.1) is 5.69 Å². The van der Waals surface area contributed by atoms with Crippen LogP contribution in [0, 0.1) is 11.7 Å². The molecule has 4 heteroatoms. The molecule has 1 fully saturated rings. The third kappa shape index (κ3) is 3.43. The van der Waals surface area contributed by atoms with Crippen LogP contribution in [0.25, 0.3) is 0 Å². The number of benzene rings is 1. The van der Waals surface area contributed by atoms with Gasteiger partial charge in [0.1, 0.15) is 5.82 Å². The maximum Gasteiger partial charge on any atom is 0.123 e. The van der Waals surface area contributed by atoms with Gasteiger partial charge in [-0.2, -0.15) is 0 Å². The van der Waals surface area contributed by atoms with E-state index in [9.17, 15) is 4.39 Å². The van der Waals surface area contributed by atoms with Crippen LogP contribution >= 0.6 is 0 Å². The summed E-state index contributed by atoms with van der Waals surface area (Å²) in [6.45, 7) is 0. The van der Waals surface area contributed by atoms with Crippen molar-refractivity contribution < 1.29 is 9.60 Å². The van der Waals surface area contributed by atoms with Crippen LogP contribution in [0.2, 0.25) is 0 Å². The summed E-state index contributed by atoms with van der Waals surface area (Å²) >= 11 is 0. The van der Waals surface area contributed by atoms with E-state index in [1.807, 2.05) is 0 Å². The van der Waals surface area contributed by atoms with Gasteiger partial charge in [0.15, 0.2) is 0 Å². The molecule has 0 heterocycles. The summed E-state index contributed by atoms with van der Waals surface area (Å²) in [5.41, 5.74) is 9.45. The molecule has 0 aliphatic heterocycles. The predicted molar refractivity (Wildman–Crippen MR) is 70.1 cm³/mol. The third-order valence-electron chi connectivity index (χ3n) is 3.90. The molecular weight excluding hydrogens is 231 g/mol. The van der Waals surface area contributed by atoms with E-state index < -0.39 is 0 Å². The van der Waals surface area contributed by atoms with Gasteiger partial charge < -0.3 is 5.73 Å². The molecule has 0 aromatic heterocycles. The number of hydrogen-bond donors (Lipinski definition) is 3. The fourth-order valence-electron chi connectivity index (χ4n) is 2.71. The molecule has 2 rings (SSSR count). The molecule has 1 aliphatic rings. The Morgan fingerprint density at radius 3 is 2.67 bits per heavy atom. The molecular formula is C14H21FN2O. The molecule has 0 amide bonds. The fourth-order valence-corrected chi connectivity index (χ4v) is 2.71. The Morgan fingerprint density at radius 1 is 1.28 bits per heavy atom. The van der Waals surface area contributed by atoms with Gasteiger partial charge in [-0.05, 0) is 68.2 Å². The second kappa shape index (κ2) is 6.16. The summed E-state index contributed by atoms with van der Waals surface area (Å²) in [5.74, 6) is 0.425. The second-order valence-electron chi connectivity index (χ2n) is 5.23. The van der Waals surface area contributed by atoms with Crippen molar-refractivity contribution in [3.05, 3.63) is 29.6 Å². The molecule has 3 nitrogen and oxygen atoms in total. The largest absolute Gasteiger partial charge is 0.328 e. The highest BCUT2D eigenvalue weighted by atomic mass is 19.1. The van der Waals surface area contributed by atoms with Gasteiger partial charge in [-0.1, -0.05) is 0 Å². The lowest BCUT2D eigenvalue weighted by Crippen LogP contribution is -2.26. The number of rotatable bonds is 4. The first-order chi connectivity index (χ1) is 8.69. The van der Waals surface area contributed by atoms with Crippen LogP contribution in [-0.2, 0) is 6.42 Å². The van der Waals surface area contributed by atoms with Gasteiger partial charge in [-0.15, -0.1) is 0 Å². The standard InChI is InChI=1S/C14H21FN2O/c15-12-5-8-14(17-18)11(9-12)4-1-10-2-6-13(16)7-3-10/h5,8-10,13,17-18H,1-4,6-7,16H2/t10-,13-. The summed E-state index contributed by atoms with van der Waals surface area (Å²) in [5, 5.41) is 8.99. The van der Waals surface area contributed by atoms with Crippen molar-refractivity contribution in [2.24, 2.45) is 11.7 Å². The maximum absolute atomic E-state index is 13.2. The first-order valence-corrected chi connectivity index (χ1v) is 6.63. The monoisotopic (exact) mass is 252 g/mol. The summed E-state index contributed by atoms with van der Waals surface area (Å²) in [6, 6.07) is 4.78. The highest BCUT2D eigenvalue weighted by molar-refractivity contribution is 5.49. The lowest BCUT2D eigenvalue weighted by molar-refractivity contribution is 0.310. The third-order valence-corrected chi connectivity index (χ3v) is 3.90. The van der Waals surface area contributed by atoms with E-state index >= 15 is 0 Å². The van der Waals surface area contributed by atoms with E-state index in [1.165, 1.54) is 25.0 Å². The van der Waals surface area contributed by atoms with E-state index in [0.717, 1.165) is 31.2 Å². The highest BCUT2D eigenvalue weighted by Crippen LogP contribution is 2.28. The van der Waals surface area contributed by atoms with Gasteiger partial charge >= 0.3 is 0 Å². The van der Waals surface area contributed by atoms with Gasteiger partial charge in [0.2, 0.25) is 0 Å². The first-order valence-electron chi connectivity index (χ1n) is 6.63. The molecule has 0 saturated heterocycles. The average Bonchev–Trinajstić information content (AvgIpc) is 2.38. The normalized spacial score (nSPS) is 23.9. The Morgan fingerprint density at radius 2 is 2.00 bits per heavy atom. The number of aryl methyl sites for hydroxylation is 1. The predicted octanol–water partition coefficient (Wildman–Crippen LogP) is 3.08.